The van der Waals surface area contributed by atoms with Crippen molar-refractivity contribution in [1.82, 2.24) is 5.01 Å². The lowest BCUT2D eigenvalue weighted by Crippen LogP contribution is -2.07. The molecular weight excluding hydrogens is 140 g/mol. The van der Waals surface area contributed by atoms with Gasteiger partial charge in [-0.05, 0) is 12.2 Å². The number of nitriles is 2. The van der Waals surface area contributed by atoms with Crippen molar-refractivity contribution in [3.8, 4) is 12.3 Å². The molecule has 52 valence electrons. The first-order valence-corrected chi connectivity index (χ1v) is 2.89. The smallest absolute Gasteiger partial charge is 0.191 e. The van der Waals surface area contributed by atoms with Gasteiger partial charge >= 0.3 is 0 Å². The lowest BCUT2D eigenvalue weighted by Gasteiger charge is -2.02. The van der Waals surface area contributed by atoms with Crippen LogP contribution in [0.3, 0.4) is 0 Å². The lowest BCUT2D eigenvalue weighted by atomic mass is 10.4. The quantitative estimate of drug-likeness (QED) is 0.471. The van der Waals surface area contributed by atoms with Crippen molar-refractivity contribution in [1.29, 1.82) is 10.5 Å². The van der Waals surface area contributed by atoms with Crippen molar-refractivity contribution in [2.45, 2.75) is 0 Å². The maximum absolute atomic E-state index is 8.50. The molecule has 0 aromatic carbocycles. The van der Waals surface area contributed by atoms with Crippen LogP contribution in [0.5, 0.6) is 0 Å². The van der Waals surface area contributed by atoms with Gasteiger partial charge < -0.3 is 0 Å². The van der Waals surface area contributed by atoms with Crippen molar-refractivity contribution in [3.05, 3.63) is 23.9 Å². The standard InChI is InChI=1S/C7H4N4/c8-5-7-3-1-2-4-10-11(7)6-9/h1-4H. The molecule has 0 saturated carbocycles. The highest BCUT2D eigenvalue weighted by molar-refractivity contribution is 5.72. The topological polar surface area (TPSA) is 63.2 Å². The van der Waals surface area contributed by atoms with E-state index in [4.69, 9.17) is 10.5 Å². The molecule has 1 rings (SSSR count). The third kappa shape index (κ3) is 1.44. The van der Waals surface area contributed by atoms with Gasteiger partial charge in [0.15, 0.2) is 5.70 Å². The maximum Gasteiger partial charge on any atom is 0.207 e. The third-order valence-electron chi connectivity index (χ3n) is 1.07. The van der Waals surface area contributed by atoms with Gasteiger partial charge in [-0.2, -0.15) is 20.6 Å². The van der Waals surface area contributed by atoms with E-state index >= 15 is 0 Å². The number of rotatable bonds is 0. The molecule has 0 aromatic heterocycles. The summed E-state index contributed by atoms with van der Waals surface area (Å²) in [5.41, 5.74) is 0.220. The third-order valence-corrected chi connectivity index (χ3v) is 1.07. The zero-order valence-corrected chi connectivity index (χ0v) is 5.60. The van der Waals surface area contributed by atoms with Crippen molar-refractivity contribution >= 4 is 6.21 Å². The van der Waals surface area contributed by atoms with Crippen molar-refractivity contribution < 1.29 is 0 Å². The molecule has 0 aliphatic carbocycles. The van der Waals surface area contributed by atoms with Gasteiger partial charge in [-0.1, -0.05) is 6.08 Å². The van der Waals surface area contributed by atoms with E-state index in [1.165, 1.54) is 12.3 Å². The highest BCUT2D eigenvalue weighted by Gasteiger charge is 2.04. The SMILES string of the molecule is N#CC1=CC=CC=NN1C#N. The minimum atomic E-state index is 0.220. The summed E-state index contributed by atoms with van der Waals surface area (Å²) >= 11 is 0. The van der Waals surface area contributed by atoms with Crippen LogP contribution >= 0.6 is 0 Å². The lowest BCUT2D eigenvalue weighted by molar-refractivity contribution is 0.542. The predicted octanol–water partition coefficient (Wildman–Crippen LogP) is 0.733. The Labute approximate surface area is 64.0 Å². The normalized spacial score (nSPS) is 14.7. The van der Waals surface area contributed by atoms with E-state index in [1.54, 1.807) is 18.3 Å². The fourth-order valence-corrected chi connectivity index (χ4v) is 0.599. The zero-order chi connectivity index (χ0) is 8.10. The Balaban J connectivity index is 2.99. The molecule has 1 aliphatic rings. The molecular formula is C7H4N4. The first-order valence-electron chi connectivity index (χ1n) is 2.89. The molecule has 0 saturated heterocycles. The van der Waals surface area contributed by atoms with E-state index in [0.717, 1.165) is 5.01 Å². The molecule has 0 amide bonds. The number of hydrogen-bond donors (Lipinski definition) is 0. The average molecular weight is 144 g/mol. The van der Waals surface area contributed by atoms with Gasteiger partial charge in [-0.15, -0.1) is 0 Å². The molecule has 0 bridgehead atoms. The fraction of sp³-hybridized carbons (Fsp3) is 0. The van der Waals surface area contributed by atoms with E-state index in [1.807, 2.05) is 6.07 Å². The summed E-state index contributed by atoms with van der Waals surface area (Å²) in [5.74, 6) is 0. The van der Waals surface area contributed by atoms with Gasteiger partial charge in [-0.3, -0.25) is 0 Å². The summed E-state index contributed by atoms with van der Waals surface area (Å²) in [4.78, 5) is 0. The molecule has 4 heteroatoms. The minimum absolute atomic E-state index is 0.220. The molecule has 1 heterocycles. The van der Waals surface area contributed by atoms with Crippen LogP contribution in [-0.2, 0) is 0 Å². The van der Waals surface area contributed by atoms with E-state index in [-0.39, 0.29) is 5.70 Å². The second-order valence-corrected chi connectivity index (χ2v) is 1.72. The van der Waals surface area contributed by atoms with Crippen LogP contribution in [0.2, 0.25) is 0 Å². The van der Waals surface area contributed by atoms with Crippen LogP contribution in [0.15, 0.2) is 29.0 Å². The molecule has 0 N–H and O–H groups in total. The average Bonchev–Trinajstić information content (AvgIpc) is 2.27. The van der Waals surface area contributed by atoms with Crippen LogP contribution < -0.4 is 0 Å². The Bertz CT molecular complexity index is 310. The monoisotopic (exact) mass is 144 g/mol. The minimum Gasteiger partial charge on any atom is -0.191 e. The predicted molar refractivity (Wildman–Crippen MR) is 38.8 cm³/mol. The number of hydrazone groups is 1. The second kappa shape index (κ2) is 3.19. The fourth-order valence-electron chi connectivity index (χ4n) is 0.599. The number of hydrogen-bond acceptors (Lipinski definition) is 4. The molecule has 0 aromatic rings. The number of nitrogens with zero attached hydrogens (tertiary/aromatic N) is 4. The summed E-state index contributed by atoms with van der Waals surface area (Å²) < 4.78 is 0. The van der Waals surface area contributed by atoms with E-state index in [9.17, 15) is 0 Å². The van der Waals surface area contributed by atoms with Crippen molar-refractivity contribution in [2.24, 2.45) is 5.10 Å². The second-order valence-electron chi connectivity index (χ2n) is 1.72. The summed E-state index contributed by atoms with van der Waals surface area (Å²) in [6.07, 6.45) is 8.02. The molecule has 11 heavy (non-hydrogen) atoms. The van der Waals surface area contributed by atoms with E-state index < -0.39 is 0 Å². The van der Waals surface area contributed by atoms with Crippen molar-refractivity contribution in [3.63, 3.8) is 0 Å². The van der Waals surface area contributed by atoms with Crippen LogP contribution in [0.4, 0.5) is 0 Å². The molecule has 0 unspecified atom stereocenters. The summed E-state index contributed by atoms with van der Waals surface area (Å²) in [6, 6.07) is 1.84. The van der Waals surface area contributed by atoms with Crippen molar-refractivity contribution in [2.75, 3.05) is 0 Å². The molecule has 0 atom stereocenters. The first kappa shape index (κ1) is 7.04. The Morgan fingerprint density at radius 2 is 2.18 bits per heavy atom. The van der Waals surface area contributed by atoms with Crippen LogP contribution in [0.1, 0.15) is 0 Å². The highest BCUT2D eigenvalue weighted by Crippen LogP contribution is 2.04. The summed E-state index contributed by atoms with van der Waals surface area (Å²) in [5, 5.41) is 21.6. The van der Waals surface area contributed by atoms with Gasteiger partial charge in [0.05, 0.1) is 0 Å². The number of allylic oxidation sites excluding steroid dienone is 4. The van der Waals surface area contributed by atoms with Crippen LogP contribution in [0.25, 0.3) is 0 Å². The summed E-state index contributed by atoms with van der Waals surface area (Å²) in [7, 11) is 0. The Hall–Kier alpha value is -2.07. The van der Waals surface area contributed by atoms with Gasteiger partial charge in [0.25, 0.3) is 0 Å². The highest BCUT2D eigenvalue weighted by atomic mass is 15.4. The Morgan fingerprint density at radius 3 is 2.82 bits per heavy atom. The molecule has 0 radical (unpaired) electrons. The molecule has 0 spiro atoms. The van der Waals surface area contributed by atoms with E-state index in [2.05, 4.69) is 5.10 Å². The summed E-state index contributed by atoms with van der Waals surface area (Å²) in [6.45, 7) is 0. The zero-order valence-electron chi connectivity index (χ0n) is 5.60. The largest absolute Gasteiger partial charge is 0.207 e. The van der Waals surface area contributed by atoms with Gasteiger partial charge in [0.1, 0.15) is 6.07 Å². The van der Waals surface area contributed by atoms with E-state index in [0.29, 0.717) is 0 Å². The Morgan fingerprint density at radius 1 is 1.36 bits per heavy atom. The molecule has 4 nitrogen and oxygen atoms in total. The van der Waals surface area contributed by atoms with Crippen LogP contribution in [-0.4, -0.2) is 11.2 Å². The molecule has 0 fully saturated rings. The molecule has 1 aliphatic heterocycles. The van der Waals surface area contributed by atoms with Gasteiger partial charge in [0.2, 0.25) is 6.19 Å². The van der Waals surface area contributed by atoms with Crippen LogP contribution in [0, 0.1) is 22.8 Å². The maximum atomic E-state index is 8.50. The Kier molecular flexibility index (Phi) is 2.04. The van der Waals surface area contributed by atoms with Gasteiger partial charge in [-0.25, -0.2) is 0 Å². The van der Waals surface area contributed by atoms with Gasteiger partial charge in [0, 0.05) is 6.21 Å². The first-order chi connectivity index (χ1) is 5.38.